The van der Waals surface area contributed by atoms with E-state index in [9.17, 15) is 4.79 Å². The number of morpholine rings is 1. The quantitative estimate of drug-likeness (QED) is 0.830. The van der Waals surface area contributed by atoms with Crippen molar-refractivity contribution in [1.29, 1.82) is 0 Å². The number of hydrogen-bond acceptors (Lipinski definition) is 4. The molecule has 2 aliphatic rings. The predicted molar refractivity (Wildman–Crippen MR) is 90.0 cm³/mol. The Morgan fingerprint density at radius 1 is 1.22 bits per heavy atom. The average molecular weight is 317 g/mol. The van der Waals surface area contributed by atoms with Gasteiger partial charge in [-0.3, -0.25) is 9.69 Å². The van der Waals surface area contributed by atoms with E-state index in [-0.39, 0.29) is 12.0 Å². The molecule has 0 radical (unpaired) electrons. The van der Waals surface area contributed by atoms with Gasteiger partial charge in [0.15, 0.2) is 0 Å². The van der Waals surface area contributed by atoms with Gasteiger partial charge in [0, 0.05) is 26.2 Å². The number of carbonyl (C=O) groups excluding carboxylic acids is 1. The zero-order valence-corrected chi connectivity index (χ0v) is 13.7. The van der Waals surface area contributed by atoms with Crippen LogP contribution in [0, 0.1) is 0 Å². The van der Waals surface area contributed by atoms with Crippen molar-refractivity contribution in [3.63, 3.8) is 0 Å². The Balaban J connectivity index is 1.40. The maximum absolute atomic E-state index is 12.0. The summed E-state index contributed by atoms with van der Waals surface area (Å²) in [6, 6.07) is 8.58. The third kappa shape index (κ3) is 5.30. The maximum atomic E-state index is 12.0. The largest absolute Gasteiger partial charge is 0.375 e. The van der Waals surface area contributed by atoms with Crippen LogP contribution in [0.25, 0.3) is 0 Å². The molecule has 2 saturated heterocycles. The number of nitrogens with zero attached hydrogens (tertiary/aromatic N) is 1. The lowest BCUT2D eigenvalue weighted by Gasteiger charge is -2.23. The summed E-state index contributed by atoms with van der Waals surface area (Å²) in [5.74, 6) is 0.0554. The lowest BCUT2D eigenvalue weighted by Crippen LogP contribution is -2.41. The van der Waals surface area contributed by atoms with E-state index < -0.39 is 0 Å². The van der Waals surface area contributed by atoms with E-state index in [4.69, 9.17) is 4.74 Å². The molecule has 0 bridgehead atoms. The molecule has 2 aliphatic heterocycles. The monoisotopic (exact) mass is 317 g/mol. The van der Waals surface area contributed by atoms with Crippen LogP contribution in [-0.2, 0) is 22.6 Å². The molecule has 0 aromatic heterocycles. The summed E-state index contributed by atoms with van der Waals surface area (Å²) in [7, 11) is 0. The normalized spacial score (nSPS) is 22.2. The first-order valence-corrected chi connectivity index (χ1v) is 8.69. The fourth-order valence-corrected chi connectivity index (χ4v) is 3.19. The lowest BCUT2D eigenvalue weighted by molar-refractivity contribution is -0.124. The summed E-state index contributed by atoms with van der Waals surface area (Å²) in [6.45, 7) is 6.39. The van der Waals surface area contributed by atoms with Gasteiger partial charge in [0.1, 0.15) is 0 Å². The number of amides is 1. The maximum Gasteiger partial charge on any atom is 0.222 e. The van der Waals surface area contributed by atoms with Crippen molar-refractivity contribution in [3.8, 4) is 0 Å². The van der Waals surface area contributed by atoms with Crippen LogP contribution in [0.1, 0.15) is 30.4 Å². The summed E-state index contributed by atoms with van der Waals surface area (Å²) < 4.78 is 5.55. The Bertz CT molecular complexity index is 491. The third-order valence-electron chi connectivity index (χ3n) is 4.53. The van der Waals surface area contributed by atoms with Crippen LogP contribution < -0.4 is 10.6 Å². The molecule has 2 fully saturated rings. The van der Waals surface area contributed by atoms with Gasteiger partial charge in [0.2, 0.25) is 5.91 Å². The molecule has 0 saturated carbocycles. The van der Waals surface area contributed by atoms with Crippen LogP contribution >= 0.6 is 0 Å². The highest BCUT2D eigenvalue weighted by Crippen LogP contribution is 2.13. The molecular formula is C18H27N3O2. The van der Waals surface area contributed by atoms with Crippen molar-refractivity contribution >= 4 is 5.91 Å². The van der Waals surface area contributed by atoms with E-state index in [0.717, 1.165) is 25.2 Å². The molecule has 2 N–H and O–H groups in total. The molecule has 0 spiro atoms. The van der Waals surface area contributed by atoms with Crippen molar-refractivity contribution in [1.82, 2.24) is 15.5 Å². The highest BCUT2D eigenvalue weighted by Gasteiger charge is 2.17. The van der Waals surface area contributed by atoms with E-state index in [0.29, 0.717) is 19.6 Å². The molecule has 126 valence electrons. The summed E-state index contributed by atoms with van der Waals surface area (Å²) in [5.41, 5.74) is 2.50. The van der Waals surface area contributed by atoms with Crippen molar-refractivity contribution in [2.24, 2.45) is 0 Å². The second-order valence-corrected chi connectivity index (χ2v) is 6.48. The fourth-order valence-electron chi connectivity index (χ4n) is 3.19. The number of nitrogens with one attached hydrogen (secondary N) is 2. The smallest absolute Gasteiger partial charge is 0.222 e. The molecule has 2 heterocycles. The van der Waals surface area contributed by atoms with Gasteiger partial charge in [0.25, 0.3) is 0 Å². The topological polar surface area (TPSA) is 53.6 Å². The molecule has 1 atom stereocenters. The Kier molecular flexibility index (Phi) is 6.02. The van der Waals surface area contributed by atoms with Gasteiger partial charge in [-0.25, -0.2) is 0 Å². The van der Waals surface area contributed by atoms with Gasteiger partial charge < -0.3 is 15.4 Å². The first-order chi connectivity index (χ1) is 11.3. The van der Waals surface area contributed by atoms with Gasteiger partial charge in [-0.1, -0.05) is 24.3 Å². The highest BCUT2D eigenvalue weighted by atomic mass is 16.5. The minimum Gasteiger partial charge on any atom is -0.375 e. The number of hydrogen-bond donors (Lipinski definition) is 2. The number of carbonyl (C=O) groups is 1. The third-order valence-corrected chi connectivity index (χ3v) is 4.53. The molecule has 1 amide bonds. The molecule has 5 heteroatoms. The van der Waals surface area contributed by atoms with Gasteiger partial charge in [-0.2, -0.15) is 0 Å². The Hall–Kier alpha value is -1.43. The van der Waals surface area contributed by atoms with Crippen LogP contribution in [0.5, 0.6) is 0 Å². The predicted octanol–water partition coefficient (Wildman–Crippen LogP) is 1.28. The second kappa shape index (κ2) is 8.43. The molecule has 5 nitrogen and oxygen atoms in total. The summed E-state index contributed by atoms with van der Waals surface area (Å²) in [6.07, 6.45) is 3.08. The van der Waals surface area contributed by atoms with E-state index in [2.05, 4.69) is 39.8 Å². The average Bonchev–Trinajstić information content (AvgIpc) is 3.08. The molecule has 0 aliphatic carbocycles. The van der Waals surface area contributed by atoms with E-state index in [1.54, 1.807) is 0 Å². The fraction of sp³-hybridized carbons (Fsp3) is 0.611. The van der Waals surface area contributed by atoms with Crippen molar-refractivity contribution in [2.75, 3.05) is 32.8 Å². The number of rotatable bonds is 6. The molecule has 23 heavy (non-hydrogen) atoms. The standard InChI is InChI=1S/C18H27N3O2/c22-18(11-17-13-19-7-10-23-17)20-12-15-3-5-16(6-4-15)14-21-8-1-2-9-21/h3-6,17,19H,1-2,7-14H2,(H,20,22)/t17-/m1/s1. The Morgan fingerprint density at radius 3 is 2.65 bits per heavy atom. The summed E-state index contributed by atoms with van der Waals surface area (Å²) in [5, 5.41) is 6.22. The van der Waals surface area contributed by atoms with Crippen molar-refractivity contribution in [2.45, 2.75) is 38.5 Å². The van der Waals surface area contributed by atoms with Gasteiger partial charge in [-0.15, -0.1) is 0 Å². The lowest BCUT2D eigenvalue weighted by atomic mass is 10.1. The number of ether oxygens (including phenoxy) is 1. The Labute approximate surface area is 138 Å². The minimum absolute atomic E-state index is 0.00610. The minimum atomic E-state index is 0.00610. The first kappa shape index (κ1) is 16.4. The van der Waals surface area contributed by atoms with Crippen LogP contribution in [0.2, 0.25) is 0 Å². The van der Waals surface area contributed by atoms with Gasteiger partial charge in [-0.05, 0) is 37.1 Å². The van der Waals surface area contributed by atoms with E-state index >= 15 is 0 Å². The second-order valence-electron chi connectivity index (χ2n) is 6.48. The molecular weight excluding hydrogens is 290 g/mol. The first-order valence-electron chi connectivity index (χ1n) is 8.69. The van der Waals surface area contributed by atoms with Crippen molar-refractivity contribution in [3.05, 3.63) is 35.4 Å². The van der Waals surface area contributed by atoms with Crippen LogP contribution in [-0.4, -0.2) is 49.7 Å². The SMILES string of the molecule is O=C(C[C@@H]1CNCCO1)NCc1ccc(CN2CCCC2)cc1. The zero-order chi connectivity index (χ0) is 15.9. The molecule has 0 unspecified atom stereocenters. The highest BCUT2D eigenvalue weighted by molar-refractivity contribution is 5.76. The molecule has 3 rings (SSSR count). The van der Waals surface area contributed by atoms with E-state index in [1.807, 2.05) is 0 Å². The Morgan fingerprint density at radius 2 is 1.96 bits per heavy atom. The number of benzene rings is 1. The number of likely N-dealkylation sites (tertiary alicyclic amines) is 1. The summed E-state index contributed by atoms with van der Waals surface area (Å²) >= 11 is 0. The zero-order valence-electron chi connectivity index (χ0n) is 13.7. The van der Waals surface area contributed by atoms with Gasteiger partial charge >= 0.3 is 0 Å². The molecule has 1 aromatic carbocycles. The summed E-state index contributed by atoms with van der Waals surface area (Å²) in [4.78, 5) is 14.5. The van der Waals surface area contributed by atoms with Gasteiger partial charge in [0.05, 0.1) is 19.1 Å². The van der Waals surface area contributed by atoms with Crippen LogP contribution in [0.15, 0.2) is 24.3 Å². The van der Waals surface area contributed by atoms with Crippen LogP contribution in [0.3, 0.4) is 0 Å². The molecule has 1 aromatic rings. The van der Waals surface area contributed by atoms with Crippen molar-refractivity contribution < 1.29 is 9.53 Å². The van der Waals surface area contributed by atoms with E-state index in [1.165, 1.54) is 31.5 Å². The van der Waals surface area contributed by atoms with Crippen LogP contribution in [0.4, 0.5) is 0 Å².